The second-order valence-electron chi connectivity index (χ2n) is 7.40. The Balaban J connectivity index is 1.43. The van der Waals surface area contributed by atoms with Crippen molar-refractivity contribution in [2.75, 3.05) is 0 Å². The van der Waals surface area contributed by atoms with Crippen molar-refractivity contribution in [2.24, 2.45) is 5.10 Å². The number of aromatic carboxylic acids is 1. The van der Waals surface area contributed by atoms with Gasteiger partial charge in [0.2, 0.25) is 0 Å². The Bertz CT molecular complexity index is 1350. The monoisotopic (exact) mass is 461 g/mol. The van der Waals surface area contributed by atoms with E-state index in [1.54, 1.807) is 36.4 Å². The van der Waals surface area contributed by atoms with E-state index in [1.807, 2.05) is 32.0 Å². The molecular formula is C25H20ClN3O4. The average molecular weight is 462 g/mol. The van der Waals surface area contributed by atoms with Crippen molar-refractivity contribution in [1.29, 1.82) is 0 Å². The molecule has 0 aliphatic heterocycles. The van der Waals surface area contributed by atoms with E-state index in [0.717, 1.165) is 22.6 Å². The van der Waals surface area contributed by atoms with Crippen molar-refractivity contribution in [3.63, 3.8) is 0 Å². The number of furan rings is 1. The summed E-state index contributed by atoms with van der Waals surface area (Å²) in [6, 6.07) is 19.0. The first-order chi connectivity index (χ1) is 15.8. The Kier molecular flexibility index (Phi) is 6.15. The van der Waals surface area contributed by atoms with Gasteiger partial charge in [0.25, 0.3) is 5.91 Å². The number of carboxylic acids is 1. The van der Waals surface area contributed by atoms with Gasteiger partial charge in [0.15, 0.2) is 0 Å². The highest BCUT2D eigenvalue weighted by Gasteiger charge is 2.13. The molecule has 0 radical (unpaired) electrons. The lowest BCUT2D eigenvalue weighted by molar-refractivity contribution is 0.0696. The minimum Gasteiger partial charge on any atom is -0.478 e. The third-order valence-electron chi connectivity index (χ3n) is 5.13. The number of nitrogens with zero attached hydrogens (tertiary/aromatic N) is 2. The zero-order valence-corrected chi connectivity index (χ0v) is 18.6. The Hall–Kier alpha value is -4.10. The maximum absolute atomic E-state index is 12.5. The number of carboxylic acid groups (broad SMARTS) is 1. The van der Waals surface area contributed by atoms with Crippen LogP contribution >= 0.6 is 11.6 Å². The molecule has 4 aromatic rings. The maximum atomic E-state index is 12.5. The quantitative estimate of drug-likeness (QED) is 0.294. The van der Waals surface area contributed by atoms with Crippen LogP contribution in [0.2, 0.25) is 5.02 Å². The topological polar surface area (TPSA) is 96.8 Å². The van der Waals surface area contributed by atoms with Gasteiger partial charge in [-0.25, -0.2) is 10.2 Å². The number of halogens is 1. The van der Waals surface area contributed by atoms with Crippen molar-refractivity contribution < 1.29 is 19.1 Å². The number of aromatic nitrogens is 1. The van der Waals surface area contributed by atoms with E-state index in [4.69, 9.17) is 21.1 Å². The standard InChI is InChI=1S/C25H20ClN3O4/c1-15-3-4-16(2)29(15)19-9-11-21(22(26)13-19)24(30)28-27-14-20-10-12-23(33-20)17-5-7-18(8-6-17)25(31)32/h3-14H,1-2H3,(H,28,30)(H,31,32)/b27-14+. The molecule has 7 nitrogen and oxygen atoms in total. The summed E-state index contributed by atoms with van der Waals surface area (Å²) in [5.74, 6) is -0.462. The number of carbonyl (C=O) groups is 2. The molecular weight excluding hydrogens is 442 g/mol. The predicted molar refractivity (Wildman–Crippen MR) is 126 cm³/mol. The Morgan fingerprint density at radius 3 is 2.33 bits per heavy atom. The summed E-state index contributed by atoms with van der Waals surface area (Å²) in [5, 5.41) is 13.2. The molecule has 2 aromatic heterocycles. The molecule has 4 rings (SSSR count). The predicted octanol–water partition coefficient (Wildman–Crippen LogP) is 5.47. The fourth-order valence-electron chi connectivity index (χ4n) is 3.47. The minimum atomic E-state index is -0.991. The first kappa shape index (κ1) is 22.1. The number of aryl methyl sites for hydroxylation is 2. The van der Waals surface area contributed by atoms with Crippen molar-refractivity contribution in [3.8, 4) is 17.0 Å². The SMILES string of the molecule is Cc1ccc(C)n1-c1ccc(C(=O)N/N=C/c2ccc(-c3ccc(C(=O)O)cc3)o2)c(Cl)c1. The number of hydrazone groups is 1. The number of benzene rings is 2. The van der Waals surface area contributed by atoms with E-state index >= 15 is 0 Å². The lowest BCUT2D eigenvalue weighted by Crippen LogP contribution is -2.18. The number of rotatable bonds is 6. The van der Waals surface area contributed by atoms with Crippen LogP contribution in [0.3, 0.4) is 0 Å². The van der Waals surface area contributed by atoms with E-state index in [0.29, 0.717) is 22.1 Å². The molecule has 2 aromatic carbocycles. The molecule has 8 heteroatoms. The van der Waals surface area contributed by atoms with Crippen LogP contribution in [0, 0.1) is 13.8 Å². The van der Waals surface area contributed by atoms with Gasteiger partial charge in [-0.05, 0) is 68.4 Å². The van der Waals surface area contributed by atoms with Crippen molar-refractivity contribution >= 4 is 29.7 Å². The summed E-state index contributed by atoms with van der Waals surface area (Å²) < 4.78 is 7.73. The number of hydrogen-bond acceptors (Lipinski definition) is 4. The smallest absolute Gasteiger partial charge is 0.335 e. The van der Waals surface area contributed by atoms with Crippen LogP contribution in [-0.2, 0) is 0 Å². The summed E-state index contributed by atoms with van der Waals surface area (Å²) in [5.41, 5.74) is 6.69. The molecule has 0 aliphatic carbocycles. The highest BCUT2D eigenvalue weighted by atomic mass is 35.5. The van der Waals surface area contributed by atoms with E-state index < -0.39 is 11.9 Å². The molecule has 0 saturated heterocycles. The summed E-state index contributed by atoms with van der Waals surface area (Å²) in [4.78, 5) is 23.5. The number of nitrogens with one attached hydrogen (secondary N) is 1. The molecule has 0 spiro atoms. The van der Waals surface area contributed by atoms with E-state index in [2.05, 4.69) is 15.1 Å². The molecule has 2 heterocycles. The van der Waals surface area contributed by atoms with Gasteiger partial charge in [-0.1, -0.05) is 23.7 Å². The maximum Gasteiger partial charge on any atom is 0.335 e. The molecule has 1 amide bonds. The highest BCUT2D eigenvalue weighted by Crippen LogP contribution is 2.24. The fourth-order valence-corrected chi connectivity index (χ4v) is 3.73. The molecule has 0 bridgehead atoms. The van der Waals surface area contributed by atoms with Crippen LogP contribution in [0.4, 0.5) is 0 Å². The fraction of sp³-hybridized carbons (Fsp3) is 0.0800. The van der Waals surface area contributed by atoms with Gasteiger partial charge in [0, 0.05) is 22.6 Å². The zero-order chi connectivity index (χ0) is 23.5. The normalized spacial score (nSPS) is 11.1. The lowest BCUT2D eigenvalue weighted by atomic mass is 10.1. The molecule has 0 fully saturated rings. The van der Waals surface area contributed by atoms with Crippen LogP contribution in [0.15, 0.2) is 76.2 Å². The van der Waals surface area contributed by atoms with Crippen LogP contribution in [0.5, 0.6) is 0 Å². The van der Waals surface area contributed by atoms with Crippen LogP contribution < -0.4 is 5.43 Å². The van der Waals surface area contributed by atoms with Gasteiger partial charge in [-0.3, -0.25) is 4.79 Å². The van der Waals surface area contributed by atoms with Crippen molar-refractivity contribution in [1.82, 2.24) is 9.99 Å². The third-order valence-corrected chi connectivity index (χ3v) is 5.44. The van der Waals surface area contributed by atoms with Gasteiger partial charge in [-0.15, -0.1) is 0 Å². The summed E-state index contributed by atoms with van der Waals surface area (Å²) in [7, 11) is 0. The van der Waals surface area contributed by atoms with Crippen LogP contribution in [0.1, 0.15) is 37.9 Å². The molecule has 0 aliphatic rings. The number of hydrogen-bond donors (Lipinski definition) is 2. The molecule has 2 N–H and O–H groups in total. The zero-order valence-electron chi connectivity index (χ0n) is 17.9. The largest absolute Gasteiger partial charge is 0.478 e. The first-order valence-corrected chi connectivity index (χ1v) is 10.4. The molecule has 33 heavy (non-hydrogen) atoms. The van der Waals surface area contributed by atoms with Gasteiger partial charge in [0.1, 0.15) is 11.5 Å². The van der Waals surface area contributed by atoms with Gasteiger partial charge in [0.05, 0.1) is 22.4 Å². The van der Waals surface area contributed by atoms with E-state index in [-0.39, 0.29) is 5.56 Å². The lowest BCUT2D eigenvalue weighted by Gasteiger charge is -2.11. The Labute approximate surface area is 194 Å². The number of amides is 1. The van der Waals surface area contributed by atoms with Crippen LogP contribution in [0.25, 0.3) is 17.0 Å². The molecule has 0 unspecified atom stereocenters. The van der Waals surface area contributed by atoms with Gasteiger partial charge < -0.3 is 14.1 Å². The minimum absolute atomic E-state index is 0.195. The summed E-state index contributed by atoms with van der Waals surface area (Å²) in [6.45, 7) is 4.00. The summed E-state index contributed by atoms with van der Waals surface area (Å²) >= 11 is 6.36. The third kappa shape index (κ3) is 4.73. The molecule has 0 saturated carbocycles. The Morgan fingerprint density at radius 2 is 1.70 bits per heavy atom. The molecule has 166 valence electrons. The van der Waals surface area contributed by atoms with Crippen molar-refractivity contribution in [3.05, 3.63) is 100 Å². The van der Waals surface area contributed by atoms with Gasteiger partial charge in [-0.2, -0.15) is 5.10 Å². The second-order valence-corrected chi connectivity index (χ2v) is 7.81. The van der Waals surface area contributed by atoms with Crippen LogP contribution in [-0.4, -0.2) is 27.8 Å². The van der Waals surface area contributed by atoms with Crippen molar-refractivity contribution in [2.45, 2.75) is 13.8 Å². The second kappa shape index (κ2) is 9.18. The average Bonchev–Trinajstić information content (AvgIpc) is 3.40. The van der Waals surface area contributed by atoms with Gasteiger partial charge >= 0.3 is 5.97 Å². The first-order valence-electron chi connectivity index (χ1n) is 10.1. The number of carbonyl (C=O) groups excluding carboxylic acids is 1. The highest BCUT2D eigenvalue weighted by molar-refractivity contribution is 6.34. The Morgan fingerprint density at radius 1 is 1.00 bits per heavy atom. The molecule has 0 atom stereocenters. The van der Waals surface area contributed by atoms with E-state index in [9.17, 15) is 9.59 Å². The summed E-state index contributed by atoms with van der Waals surface area (Å²) in [6.07, 6.45) is 1.38. The van der Waals surface area contributed by atoms with E-state index in [1.165, 1.54) is 18.3 Å².